The summed E-state index contributed by atoms with van der Waals surface area (Å²) >= 11 is 0. The van der Waals surface area contributed by atoms with Gasteiger partial charge in [0.1, 0.15) is 0 Å². The molecule has 1 saturated heterocycles. The van der Waals surface area contributed by atoms with Gasteiger partial charge in [-0.25, -0.2) is 9.97 Å². The molecule has 0 aliphatic carbocycles. The largest absolute Gasteiger partial charge is 0.451 e. The Balaban J connectivity index is 2.06. The van der Waals surface area contributed by atoms with Crippen LogP contribution in [0.15, 0.2) is 6.20 Å². The Labute approximate surface area is 114 Å². The van der Waals surface area contributed by atoms with Crippen LogP contribution in [0.1, 0.15) is 17.1 Å². The van der Waals surface area contributed by atoms with Crippen LogP contribution in [0.2, 0.25) is 0 Å². The SMILES string of the molecule is Cc1nc(C(F)(F)F)ncc1CN1CCO[C@H](CN)C1. The molecule has 0 bridgehead atoms. The van der Waals surface area contributed by atoms with Gasteiger partial charge in [-0.2, -0.15) is 13.2 Å². The first-order valence-corrected chi connectivity index (χ1v) is 6.34. The molecule has 5 nitrogen and oxygen atoms in total. The zero-order valence-corrected chi connectivity index (χ0v) is 11.2. The highest BCUT2D eigenvalue weighted by Gasteiger charge is 2.35. The molecule has 0 spiro atoms. The molecule has 8 heteroatoms. The number of hydrogen-bond donors (Lipinski definition) is 1. The first-order chi connectivity index (χ1) is 9.40. The number of rotatable bonds is 3. The number of aryl methyl sites for hydroxylation is 1. The molecular formula is C12H17F3N4O. The average molecular weight is 290 g/mol. The molecule has 1 aliphatic heterocycles. The van der Waals surface area contributed by atoms with Gasteiger partial charge < -0.3 is 10.5 Å². The second kappa shape index (κ2) is 6.02. The summed E-state index contributed by atoms with van der Waals surface area (Å²) < 4.78 is 42.9. The van der Waals surface area contributed by atoms with Crippen molar-refractivity contribution in [2.24, 2.45) is 5.73 Å². The molecule has 0 unspecified atom stereocenters. The van der Waals surface area contributed by atoms with E-state index in [1.54, 1.807) is 6.92 Å². The highest BCUT2D eigenvalue weighted by atomic mass is 19.4. The van der Waals surface area contributed by atoms with Crippen LogP contribution in [0.3, 0.4) is 0 Å². The van der Waals surface area contributed by atoms with Gasteiger partial charge in [-0.3, -0.25) is 4.90 Å². The zero-order chi connectivity index (χ0) is 14.8. The molecule has 1 fully saturated rings. The number of hydrogen-bond acceptors (Lipinski definition) is 5. The van der Waals surface area contributed by atoms with Gasteiger partial charge >= 0.3 is 6.18 Å². The minimum absolute atomic E-state index is 0.0283. The predicted molar refractivity (Wildman–Crippen MR) is 65.8 cm³/mol. The standard InChI is InChI=1S/C12H17F3N4O/c1-8-9(5-17-11(18-8)12(13,14)15)6-19-2-3-20-10(4-16)7-19/h5,10H,2-4,6-7,16H2,1H3/t10-/m1/s1. The van der Waals surface area contributed by atoms with Crippen LogP contribution < -0.4 is 5.73 Å². The summed E-state index contributed by atoms with van der Waals surface area (Å²) in [6.07, 6.45) is -3.29. The number of halogens is 3. The lowest BCUT2D eigenvalue weighted by Gasteiger charge is -2.32. The second-order valence-electron chi connectivity index (χ2n) is 4.77. The monoisotopic (exact) mass is 290 g/mol. The van der Waals surface area contributed by atoms with Crippen LogP contribution in [0.4, 0.5) is 13.2 Å². The normalized spacial score (nSPS) is 21.1. The van der Waals surface area contributed by atoms with Crippen molar-refractivity contribution in [2.75, 3.05) is 26.2 Å². The maximum atomic E-state index is 12.5. The van der Waals surface area contributed by atoms with Crippen molar-refractivity contribution >= 4 is 0 Å². The quantitative estimate of drug-likeness (QED) is 0.898. The molecule has 1 aliphatic rings. The van der Waals surface area contributed by atoms with Gasteiger partial charge in [0, 0.05) is 43.6 Å². The van der Waals surface area contributed by atoms with E-state index in [2.05, 4.69) is 14.9 Å². The molecule has 0 saturated carbocycles. The van der Waals surface area contributed by atoms with Crippen LogP contribution in [0, 0.1) is 6.92 Å². The van der Waals surface area contributed by atoms with E-state index in [4.69, 9.17) is 10.5 Å². The van der Waals surface area contributed by atoms with Crippen LogP contribution >= 0.6 is 0 Å². The number of morpholine rings is 1. The molecule has 2 heterocycles. The summed E-state index contributed by atoms with van der Waals surface area (Å²) in [6.45, 7) is 4.45. The molecule has 0 aromatic carbocycles. The highest BCUT2D eigenvalue weighted by molar-refractivity contribution is 5.17. The average Bonchev–Trinajstić information content (AvgIpc) is 2.40. The van der Waals surface area contributed by atoms with Gasteiger partial charge in [-0.05, 0) is 6.92 Å². The molecule has 20 heavy (non-hydrogen) atoms. The Bertz CT molecular complexity index is 467. The van der Waals surface area contributed by atoms with E-state index in [0.717, 1.165) is 6.54 Å². The molecular weight excluding hydrogens is 273 g/mol. The van der Waals surface area contributed by atoms with Crippen molar-refractivity contribution in [3.05, 3.63) is 23.3 Å². The molecule has 0 radical (unpaired) electrons. The van der Waals surface area contributed by atoms with Crippen LogP contribution in [0.5, 0.6) is 0 Å². The van der Waals surface area contributed by atoms with E-state index in [0.29, 0.717) is 37.5 Å². The Morgan fingerprint density at radius 1 is 1.50 bits per heavy atom. The third-order valence-electron chi connectivity index (χ3n) is 3.21. The lowest BCUT2D eigenvalue weighted by Crippen LogP contribution is -2.45. The Morgan fingerprint density at radius 2 is 2.25 bits per heavy atom. The summed E-state index contributed by atoms with van der Waals surface area (Å²) in [5, 5.41) is 0. The number of aromatic nitrogens is 2. The van der Waals surface area contributed by atoms with E-state index >= 15 is 0 Å². The number of ether oxygens (including phenoxy) is 1. The van der Waals surface area contributed by atoms with Gasteiger partial charge in [0.05, 0.1) is 12.7 Å². The minimum Gasteiger partial charge on any atom is -0.374 e. The minimum atomic E-state index is -4.51. The maximum Gasteiger partial charge on any atom is 0.451 e. The van der Waals surface area contributed by atoms with E-state index in [-0.39, 0.29) is 6.10 Å². The fourth-order valence-electron chi connectivity index (χ4n) is 2.09. The Morgan fingerprint density at radius 3 is 2.85 bits per heavy atom. The molecule has 1 aromatic heterocycles. The molecule has 1 aromatic rings. The summed E-state index contributed by atoms with van der Waals surface area (Å²) in [5.74, 6) is -1.10. The summed E-state index contributed by atoms with van der Waals surface area (Å²) in [7, 11) is 0. The van der Waals surface area contributed by atoms with Crippen LogP contribution in [-0.2, 0) is 17.5 Å². The fraction of sp³-hybridized carbons (Fsp3) is 0.667. The van der Waals surface area contributed by atoms with Crippen molar-refractivity contribution < 1.29 is 17.9 Å². The summed E-state index contributed by atoms with van der Waals surface area (Å²) in [5.41, 5.74) is 6.60. The summed E-state index contributed by atoms with van der Waals surface area (Å²) in [4.78, 5) is 9.01. The van der Waals surface area contributed by atoms with Gasteiger partial charge in [-0.1, -0.05) is 0 Å². The van der Waals surface area contributed by atoms with Gasteiger partial charge in [0.2, 0.25) is 5.82 Å². The number of nitrogens with zero attached hydrogens (tertiary/aromatic N) is 3. The van der Waals surface area contributed by atoms with Crippen LogP contribution in [0.25, 0.3) is 0 Å². The lowest BCUT2D eigenvalue weighted by atomic mass is 10.2. The van der Waals surface area contributed by atoms with E-state index in [1.165, 1.54) is 6.20 Å². The van der Waals surface area contributed by atoms with E-state index in [9.17, 15) is 13.2 Å². The van der Waals surface area contributed by atoms with Crippen molar-refractivity contribution in [2.45, 2.75) is 25.7 Å². The van der Waals surface area contributed by atoms with Crippen molar-refractivity contribution in [3.63, 3.8) is 0 Å². The first-order valence-electron chi connectivity index (χ1n) is 6.34. The molecule has 1 atom stereocenters. The zero-order valence-electron chi connectivity index (χ0n) is 11.2. The van der Waals surface area contributed by atoms with Gasteiger partial charge in [0.25, 0.3) is 0 Å². The Kier molecular flexibility index (Phi) is 4.56. The molecule has 2 rings (SSSR count). The van der Waals surface area contributed by atoms with E-state index < -0.39 is 12.0 Å². The smallest absolute Gasteiger partial charge is 0.374 e. The third kappa shape index (κ3) is 3.65. The van der Waals surface area contributed by atoms with Crippen molar-refractivity contribution in [1.29, 1.82) is 0 Å². The third-order valence-corrected chi connectivity index (χ3v) is 3.21. The topological polar surface area (TPSA) is 64.3 Å². The highest BCUT2D eigenvalue weighted by Crippen LogP contribution is 2.26. The second-order valence-corrected chi connectivity index (χ2v) is 4.77. The van der Waals surface area contributed by atoms with Gasteiger partial charge in [0.15, 0.2) is 0 Å². The van der Waals surface area contributed by atoms with Gasteiger partial charge in [-0.15, -0.1) is 0 Å². The van der Waals surface area contributed by atoms with E-state index in [1.807, 2.05) is 0 Å². The Hall–Kier alpha value is -1.25. The predicted octanol–water partition coefficient (Wildman–Crippen LogP) is 0.963. The lowest BCUT2D eigenvalue weighted by molar-refractivity contribution is -0.145. The maximum absolute atomic E-state index is 12.5. The summed E-state index contributed by atoms with van der Waals surface area (Å²) in [6, 6.07) is 0. The van der Waals surface area contributed by atoms with Crippen molar-refractivity contribution in [1.82, 2.24) is 14.9 Å². The molecule has 112 valence electrons. The number of nitrogens with two attached hydrogens (primary N) is 1. The molecule has 2 N–H and O–H groups in total. The van der Waals surface area contributed by atoms with Crippen LogP contribution in [-0.4, -0.2) is 47.2 Å². The number of alkyl halides is 3. The molecule has 0 amide bonds. The van der Waals surface area contributed by atoms with Crippen molar-refractivity contribution in [3.8, 4) is 0 Å². The first kappa shape index (κ1) is 15.1. The fourth-order valence-corrected chi connectivity index (χ4v) is 2.09.